The highest BCUT2D eigenvalue weighted by molar-refractivity contribution is 9.12. The monoisotopic (exact) mass is 419 g/mol. The van der Waals surface area contributed by atoms with Crippen LogP contribution in [-0.2, 0) is 13.0 Å². The molecule has 0 saturated heterocycles. The summed E-state index contributed by atoms with van der Waals surface area (Å²) in [6.07, 6.45) is 6.00. The molecule has 2 rings (SSSR count). The molecule has 0 amide bonds. The third-order valence-electron chi connectivity index (χ3n) is 3.16. The van der Waals surface area contributed by atoms with Crippen molar-refractivity contribution in [2.75, 3.05) is 6.54 Å². The lowest BCUT2D eigenvalue weighted by atomic mass is 10.1. The predicted molar refractivity (Wildman–Crippen MR) is 92.4 cm³/mol. The molecule has 3 nitrogen and oxygen atoms in total. The average molecular weight is 421 g/mol. The van der Waals surface area contributed by atoms with Crippen LogP contribution in [0.4, 0.5) is 0 Å². The second-order valence-electron chi connectivity index (χ2n) is 4.63. The van der Waals surface area contributed by atoms with Crippen molar-refractivity contribution in [3.63, 3.8) is 0 Å². The van der Waals surface area contributed by atoms with E-state index < -0.39 is 0 Å². The van der Waals surface area contributed by atoms with Gasteiger partial charge in [-0.2, -0.15) is 0 Å². The lowest BCUT2D eigenvalue weighted by Crippen LogP contribution is -2.24. The van der Waals surface area contributed by atoms with Gasteiger partial charge in [-0.05, 0) is 56.5 Å². The summed E-state index contributed by atoms with van der Waals surface area (Å²) in [7, 11) is 0. The largest absolute Gasteiger partial charge is 0.335 e. The van der Waals surface area contributed by atoms with E-state index in [9.17, 15) is 0 Å². The van der Waals surface area contributed by atoms with Crippen LogP contribution in [0.5, 0.6) is 0 Å². The first-order valence-electron chi connectivity index (χ1n) is 6.83. The molecule has 0 saturated carbocycles. The number of hydrogen-bond acceptors (Lipinski definition) is 3. The molecule has 1 atom stereocenters. The molecule has 0 bridgehead atoms. The van der Waals surface area contributed by atoms with Crippen molar-refractivity contribution in [1.29, 1.82) is 0 Å². The fourth-order valence-corrected chi connectivity index (χ4v) is 5.26. The molecular weight excluding hydrogens is 402 g/mol. The normalized spacial score (nSPS) is 12.8. The zero-order valence-corrected chi connectivity index (χ0v) is 15.7. The molecule has 2 aromatic rings. The van der Waals surface area contributed by atoms with E-state index in [-0.39, 0.29) is 6.04 Å². The van der Waals surface area contributed by atoms with Gasteiger partial charge in [0.05, 0.1) is 7.57 Å². The van der Waals surface area contributed by atoms with Crippen molar-refractivity contribution in [3.8, 4) is 0 Å². The molecule has 0 radical (unpaired) electrons. The number of thiophene rings is 1. The molecule has 110 valence electrons. The van der Waals surface area contributed by atoms with E-state index in [0.717, 1.165) is 35.5 Å². The van der Waals surface area contributed by atoms with Gasteiger partial charge in [0.25, 0.3) is 0 Å². The quantitative estimate of drug-likeness (QED) is 0.698. The minimum absolute atomic E-state index is 0.287. The third-order valence-corrected chi connectivity index (χ3v) is 5.55. The summed E-state index contributed by atoms with van der Waals surface area (Å²) >= 11 is 8.94. The van der Waals surface area contributed by atoms with E-state index in [1.807, 2.05) is 6.20 Å². The Morgan fingerprint density at radius 2 is 2.20 bits per heavy atom. The lowest BCUT2D eigenvalue weighted by molar-refractivity contribution is 0.516. The molecule has 0 aromatic carbocycles. The van der Waals surface area contributed by atoms with E-state index >= 15 is 0 Å². The van der Waals surface area contributed by atoms with Gasteiger partial charge in [-0.15, -0.1) is 11.3 Å². The van der Waals surface area contributed by atoms with Crippen molar-refractivity contribution in [2.24, 2.45) is 0 Å². The van der Waals surface area contributed by atoms with Gasteiger partial charge < -0.3 is 9.88 Å². The molecule has 1 unspecified atom stereocenters. The maximum atomic E-state index is 4.52. The molecule has 0 spiro atoms. The lowest BCUT2D eigenvalue weighted by Gasteiger charge is -2.18. The number of likely N-dealkylation sites (N-methyl/N-ethyl adjacent to an activating group) is 1. The van der Waals surface area contributed by atoms with Crippen LogP contribution >= 0.6 is 43.2 Å². The van der Waals surface area contributed by atoms with Gasteiger partial charge in [0.15, 0.2) is 0 Å². The molecule has 1 N–H and O–H groups in total. The molecule has 0 aliphatic rings. The molecular formula is C14H19Br2N3S. The Hall–Kier alpha value is -0.170. The molecule has 6 heteroatoms. The standard InChI is InChI=1S/C14H19Br2N3S/c1-3-6-19-7-5-18-13(19)9-11(17-4-2)10-8-12(15)20-14(10)16/h5,7-8,11,17H,3-4,6,9H2,1-2H3. The van der Waals surface area contributed by atoms with E-state index in [0.29, 0.717) is 0 Å². The summed E-state index contributed by atoms with van der Waals surface area (Å²) in [5.74, 6) is 1.15. The molecule has 2 heterocycles. The molecule has 2 aromatic heterocycles. The van der Waals surface area contributed by atoms with E-state index in [1.54, 1.807) is 11.3 Å². The maximum absolute atomic E-state index is 4.52. The number of nitrogens with zero attached hydrogens (tertiary/aromatic N) is 2. The van der Waals surface area contributed by atoms with Gasteiger partial charge in [0, 0.05) is 31.4 Å². The fourth-order valence-electron chi connectivity index (χ4n) is 2.29. The topological polar surface area (TPSA) is 29.9 Å². The van der Waals surface area contributed by atoms with Crippen molar-refractivity contribution in [1.82, 2.24) is 14.9 Å². The zero-order valence-electron chi connectivity index (χ0n) is 11.7. The summed E-state index contributed by atoms with van der Waals surface area (Å²) in [6, 6.07) is 2.48. The Morgan fingerprint density at radius 1 is 1.40 bits per heavy atom. The number of aryl methyl sites for hydroxylation is 1. The number of hydrogen-bond donors (Lipinski definition) is 1. The summed E-state index contributed by atoms with van der Waals surface area (Å²) in [4.78, 5) is 4.52. The minimum Gasteiger partial charge on any atom is -0.335 e. The summed E-state index contributed by atoms with van der Waals surface area (Å²) in [5, 5.41) is 3.56. The Morgan fingerprint density at radius 3 is 2.80 bits per heavy atom. The summed E-state index contributed by atoms with van der Waals surface area (Å²) in [6.45, 7) is 6.31. The van der Waals surface area contributed by atoms with Gasteiger partial charge in [-0.3, -0.25) is 0 Å². The zero-order chi connectivity index (χ0) is 14.5. The molecule has 0 aliphatic carbocycles. The number of rotatable bonds is 7. The number of aromatic nitrogens is 2. The summed E-state index contributed by atoms with van der Waals surface area (Å²) < 4.78 is 4.59. The average Bonchev–Trinajstić information content (AvgIpc) is 2.96. The fraction of sp³-hybridized carbons (Fsp3) is 0.500. The second-order valence-corrected chi connectivity index (χ2v) is 8.38. The Labute approximate surface area is 141 Å². The second kappa shape index (κ2) is 7.73. The third kappa shape index (κ3) is 3.93. The highest BCUT2D eigenvalue weighted by Crippen LogP contribution is 2.36. The van der Waals surface area contributed by atoms with Crippen molar-refractivity contribution >= 4 is 43.2 Å². The van der Waals surface area contributed by atoms with Crippen LogP contribution in [0.15, 0.2) is 26.0 Å². The van der Waals surface area contributed by atoms with Gasteiger partial charge >= 0.3 is 0 Å². The van der Waals surface area contributed by atoms with Crippen LogP contribution in [-0.4, -0.2) is 16.1 Å². The molecule has 0 aliphatic heterocycles. The Bertz CT molecular complexity index is 550. The van der Waals surface area contributed by atoms with Crippen molar-refractivity contribution < 1.29 is 0 Å². The van der Waals surface area contributed by atoms with E-state index in [1.165, 1.54) is 9.35 Å². The Balaban J connectivity index is 2.21. The van der Waals surface area contributed by atoms with Crippen LogP contribution in [0, 0.1) is 0 Å². The van der Waals surface area contributed by atoms with Gasteiger partial charge in [-0.25, -0.2) is 4.98 Å². The SMILES string of the molecule is CCCn1ccnc1CC(NCC)c1cc(Br)sc1Br. The summed E-state index contributed by atoms with van der Waals surface area (Å²) in [5.41, 5.74) is 1.30. The first kappa shape index (κ1) is 16.2. The minimum atomic E-state index is 0.287. The molecule has 20 heavy (non-hydrogen) atoms. The van der Waals surface area contributed by atoms with Gasteiger partial charge in [0.1, 0.15) is 5.82 Å². The van der Waals surface area contributed by atoms with Crippen LogP contribution in [0.3, 0.4) is 0 Å². The van der Waals surface area contributed by atoms with E-state index in [2.05, 4.69) is 72.8 Å². The first-order valence-corrected chi connectivity index (χ1v) is 9.24. The van der Waals surface area contributed by atoms with Crippen LogP contribution in [0.2, 0.25) is 0 Å². The van der Waals surface area contributed by atoms with Gasteiger partial charge in [0.2, 0.25) is 0 Å². The van der Waals surface area contributed by atoms with Crippen molar-refractivity contribution in [3.05, 3.63) is 37.4 Å². The number of nitrogens with one attached hydrogen (secondary N) is 1. The highest BCUT2D eigenvalue weighted by Gasteiger charge is 2.19. The molecule has 0 fully saturated rings. The van der Waals surface area contributed by atoms with Crippen molar-refractivity contribution in [2.45, 2.75) is 39.3 Å². The highest BCUT2D eigenvalue weighted by atomic mass is 79.9. The predicted octanol–water partition coefficient (Wildman–Crippen LogP) is 4.77. The first-order chi connectivity index (χ1) is 9.65. The maximum Gasteiger partial charge on any atom is 0.110 e. The van der Waals surface area contributed by atoms with Gasteiger partial charge in [-0.1, -0.05) is 13.8 Å². The van der Waals surface area contributed by atoms with Crippen LogP contribution < -0.4 is 5.32 Å². The number of imidazole rings is 1. The smallest absolute Gasteiger partial charge is 0.110 e. The van der Waals surface area contributed by atoms with Crippen LogP contribution in [0.1, 0.15) is 37.7 Å². The van der Waals surface area contributed by atoms with Crippen LogP contribution in [0.25, 0.3) is 0 Å². The number of halogens is 2. The Kier molecular flexibility index (Phi) is 6.26. The van der Waals surface area contributed by atoms with E-state index in [4.69, 9.17) is 0 Å².